The molecule has 0 saturated heterocycles. The van der Waals surface area contributed by atoms with Gasteiger partial charge in [-0.2, -0.15) is 0 Å². The first-order valence-electron chi connectivity index (χ1n) is 6.41. The van der Waals surface area contributed by atoms with Gasteiger partial charge in [-0.1, -0.05) is 32.0 Å². The zero-order valence-corrected chi connectivity index (χ0v) is 11.3. The lowest BCUT2D eigenvalue weighted by Crippen LogP contribution is -2.02. The highest BCUT2D eigenvalue weighted by Gasteiger charge is 1.99. The van der Waals surface area contributed by atoms with E-state index in [1.165, 1.54) is 5.56 Å². The third kappa shape index (κ3) is 3.33. The van der Waals surface area contributed by atoms with Crippen LogP contribution >= 0.6 is 0 Å². The van der Waals surface area contributed by atoms with Gasteiger partial charge in [-0.15, -0.1) is 0 Å². The second-order valence-electron chi connectivity index (χ2n) is 4.90. The average molecular weight is 240 g/mol. The van der Waals surface area contributed by atoms with Crippen molar-refractivity contribution in [1.29, 1.82) is 0 Å². The summed E-state index contributed by atoms with van der Waals surface area (Å²) in [7, 11) is 0. The lowest BCUT2D eigenvalue weighted by atomic mass is 10.0. The van der Waals surface area contributed by atoms with Gasteiger partial charge in [-0.25, -0.2) is 0 Å². The molecule has 0 aliphatic heterocycles. The fraction of sp³-hybridized carbons (Fsp3) is 0.312. The minimum absolute atomic E-state index is 0.581. The van der Waals surface area contributed by atoms with Crippen molar-refractivity contribution in [2.75, 3.05) is 5.32 Å². The van der Waals surface area contributed by atoms with Crippen LogP contribution in [0.5, 0.6) is 0 Å². The minimum Gasteiger partial charge on any atom is -0.379 e. The van der Waals surface area contributed by atoms with E-state index >= 15 is 0 Å². The third-order valence-electron chi connectivity index (χ3n) is 3.00. The van der Waals surface area contributed by atoms with Gasteiger partial charge in [0.05, 0.1) is 12.2 Å². The maximum absolute atomic E-state index is 4.47. The van der Waals surface area contributed by atoms with Gasteiger partial charge in [0.2, 0.25) is 0 Å². The van der Waals surface area contributed by atoms with Gasteiger partial charge in [0.15, 0.2) is 0 Å². The molecule has 2 rings (SSSR count). The zero-order valence-electron chi connectivity index (χ0n) is 11.3. The molecule has 1 heterocycles. The highest BCUT2D eigenvalue weighted by atomic mass is 14.9. The van der Waals surface area contributed by atoms with Crippen molar-refractivity contribution >= 4 is 5.69 Å². The van der Waals surface area contributed by atoms with Crippen LogP contribution in [0.1, 0.15) is 36.7 Å². The Balaban J connectivity index is 1.98. The number of anilines is 1. The summed E-state index contributed by atoms with van der Waals surface area (Å²) >= 11 is 0. The molecule has 0 fully saturated rings. The molecular weight excluding hydrogens is 220 g/mol. The first-order chi connectivity index (χ1) is 8.65. The van der Waals surface area contributed by atoms with Gasteiger partial charge in [0.25, 0.3) is 0 Å². The van der Waals surface area contributed by atoms with Crippen molar-refractivity contribution in [3.05, 3.63) is 59.4 Å². The average Bonchev–Trinajstić information content (AvgIpc) is 2.37. The molecule has 94 valence electrons. The molecule has 0 amide bonds. The first kappa shape index (κ1) is 12.6. The SMILES string of the molecule is Cc1cccc(CNc2ccc(C(C)C)cc2)n1. The van der Waals surface area contributed by atoms with E-state index in [9.17, 15) is 0 Å². The highest BCUT2D eigenvalue weighted by molar-refractivity contribution is 5.45. The highest BCUT2D eigenvalue weighted by Crippen LogP contribution is 2.17. The largest absolute Gasteiger partial charge is 0.379 e. The van der Waals surface area contributed by atoms with Crippen LogP contribution < -0.4 is 5.32 Å². The zero-order chi connectivity index (χ0) is 13.0. The Bertz CT molecular complexity index is 501. The van der Waals surface area contributed by atoms with Gasteiger partial charge in [0, 0.05) is 11.4 Å². The van der Waals surface area contributed by atoms with E-state index in [0.29, 0.717) is 5.92 Å². The summed E-state index contributed by atoms with van der Waals surface area (Å²) < 4.78 is 0. The van der Waals surface area contributed by atoms with E-state index in [2.05, 4.69) is 48.4 Å². The molecule has 0 spiro atoms. The standard InChI is InChI=1S/C16H20N2/c1-12(2)14-7-9-15(10-8-14)17-11-16-6-4-5-13(3)18-16/h4-10,12,17H,11H2,1-3H3. The summed E-state index contributed by atoms with van der Waals surface area (Å²) in [5.74, 6) is 0.581. The predicted octanol–water partition coefficient (Wildman–Crippen LogP) is 4.13. The summed E-state index contributed by atoms with van der Waals surface area (Å²) in [5, 5.41) is 3.39. The van der Waals surface area contributed by atoms with E-state index in [1.807, 2.05) is 25.1 Å². The van der Waals surface area contributed by atoms with Gasteiger partial charge in [-0.05, 0) is 42.7 Å². The van der Waals surface area contributed by atoms with Crippen molar-refractivity contribution in [3.63, 3.8) is 0 Å². The van der Waals surface area contributed by atoms with Gasteiger partial charge < -0.3 is 5.32 Å². The van der Waals surface area contributed by atoms with Gasteiger partial charge in [-0.3, -0.25) is 4.98 Å². The third-order valence-corrected chi connectivity index (χ3v) is 3.00. The number of benzene rings is 1. The maximum Gasteiger partial charge on any atom is 0.0597 e. The predicted molar refractivity (Wildman–Crippen MR) is 76.8 cm³/mol. The van der Waals surface area contributed by atoms with Crippen molar-refractivity contribution in [2.45, 2.75) is 33.2 Å². The molecule has 1 aromatic carbocycles. The molecule has 2 aromatic rings. The second kappa shape index (κ2) is 5.67. The number of rotatable bonds is 4. The van der Waals surface area contributed by atoms with Crippen molar-refractivity contribution in [1.82, 2.24) is 4.98 Å². The van der Waals surface area contributed by atoms with Crippen LogP contribution in [0, 0.1) is 6.92 Å². The molecular formula is C16H20N2. The summed E-state index contributed by atoms with van der Waals surface area (Å²) in [6.45, 7) is 7.20. The van der Waals surface area contributed by atoms with Crippen molar-refractivity contribution in [3.8, 4) is 0 Å². The summed E-state index contributed by atoms with van der Waals surface area (Å²) in [6.07, 6.45) is 0. The summed E-state index contributed by atoms with van der Waals surface area (Å²) in [5.41, 5.74) is 4.64. The maximum atomic E-state index is 4.47. The first-order valence-corrected chi connectivity index (χ1v) is 6.41. The van der Waals surface area contributed by atoms with Gasteiger partial charge in [0.1, 0.15) is 0 Å². The molecule has 0 aliphatic rings. The van der Waals surface area contributed by atoms with Crippen LogP contribution in [0.4, 0.5) is 5.69 Å². The normalized spacial score (nSPS) is 10.7. The molecule has 0 bridgehead atoms. The molecule has 2 heteroatoms. The fourth-order valence-electron chi connectivity index (χ4n) is 1.88. The van der Waals surface area contributed by atoms with E-state index in [4.69, 9.17) is 0 Å². The second-order valence-corrected chi connectivity index (χ2v) is 4.90. The Hall–Kier alpha value is -1.83. The molecule has 0 radical (unpaired) electrons. The van der Waals surface area contributed by atoms with Crippen molar-refractivity contribution in [2.24, 2.45) is 0 Å². The Kier molecular flexibility index (Phi) is 3.98. The Labute approximate surface area is 109 Å². The molecule has 0 unspecified atom stereocenters. The molecule has 1 N–H and O–H groups in total. The number of nitrogens with zero attached hydrogens (tertiary/aromatic N) is 1. The fourth-order valence-corrected chi connectivity index (χ4v) is 1.88. The Morgan fingerprint density at radius 3 is 2.39 bits per heavy atom. The number of hydrogen-bond donors (Lipinski definition) is 1. The van der Waals surface area contributed by atoms with Crippen LogP contribution in [-0.2, 0) is 6.54 Å². The van der Waals surface area contributed by atoms with Crippen LogP contribution in [0.15, 0.2) is 42.5 Å². The quantitative estimate of drug-likeness (QED) is 0.869. The minimum atomic E-state index is 0.581. The van der Waals surface area contributed by atoms with E-state index in [0.717, 1.165) is 23.6 Å². The van der Waals surface area contributed by atoms with E-state index in [-0.39, 0.29) is 0 Å². The lowest BCUT2D eigenvalue weighted by Gasteiger charge is -2.09. The van der Waals surface area contributed by atoms with Crippen LogP contribution in [0.3, 0.4) is 0 Å². The number of hydrogen-bond acceptors (Lipinski definition) is 2. The van der Waals surface area contributed by atoms with Crippen molar-refractivity contribution < 1.29 is 0 Å². The van der Waals surface area contributed by atoms with Crippen LogP contribution in [0.2, 0.25) is 0 Å². The summed E-state index contributed by atoms with van der Waals surface area (Å²) in [4.78, 5) is 4.47. The topological polar surface area (TPSA) is 24.9 Å². The van der Waals surface area contributed by atoms with Gasteiger partial charge >= 0.3 is 0 Å². The smallest absolute Gasteiger partial charge is 0.0597 e. The lowest BCUT2D eigenvalue weighted by molar-refractivity contribution is 0.866. The Morgan fingerprint density at radius 1 is 1.06 bits per heavy atom. The van der Waals surface area contributed by atoms with Crippen LogP contribution in [0.25, 0.3) is 0 Å². The number of aryl methyl sites for hydroxylation is 1. The molecule has 18 heavy (non-hydrogen) atoms. The number of aromatic nitrogens is 1. The molecule has 1 aromatic heterocycles. The Morgan fingerprint density at radius 2 is 1.78 bits per heavy atom. The number of nitrogens with one attached hydrogen (secondary N) is 1. The monoisotopic (exact) mass is 240 g/mol. The summed E-state index contributed by atoms with van der Waals surface area (Å²) in [6, 6.07) is 14.7. The number of pyridine rings is 1. The molecule has 2 nitrogen and oxygen atoms in total. The van der Waals surface area contributed by atoms with Crippen LogP contribution in [-0.4, -0.2) is 4.98 Å². The molecule has 0 aliphatic carbocycles. The van der Waals surface area contributed by atoms with E-state index in [1.54, 1.807) is 0 Å². The molecule has 0 atom stereocenters. The molecule has 0 saturated carbocycles. The van der Waals surface area contributed by atoms with E-state index < -0.39 is 0 Å².